The van der Waals surface area contributed by atoms with E-state index in [0.717, 1.165) is 12.1 Å². The van der Waals surface area contributed by atoms with Crippen molar-refractivity contribution in [1.29, 1.82) is 0 Å². The number of hydrogen-bond donors (Lipinski definition) is 3. The quantitative estimate of drug-likeness (QED) is 0.602. The van der Waals surface area contributed by atoms with Gasteiger partial charge in [-0.2, -0.15) is 0 Å². The summed E-state index contributed by atoms with van der Waals surface area (Å²) in [6.45, 7) is 0. The van der Waals surface area contributed by atoms with Crippen molar-refractivity contribution < 1.29 is 38.7 Å². The van der Waals surface area contributed by atoms with Crippen molar-refractivity contribution in [3.63, 3.8) is 0 Å². The van der Waals surface area contributed by atoms with Crippen molar-refractivity contribution in [3.8, 4) is 51.6 Å². The molecule has 0 radical (unpaired) electrons. The lowest BCUT2D eigenvalue weighted by Crippen LogP contribution is -2.05. The molecule has 0 atom stereocenters. The molecule has 0 bridgehead atoms. The third-order valence-electron chi connectivity index (χ3n) is 4.19. The minimum Gasteiger partial charge on any atom is -0.507 e. The molecule has 0 fully saturated rings. The molecule has 2 aromatic carbocycles. The average molecular weight is 390 g/mol. The first-order valence-electron chi connectivity index (χ1n) is 7.96. The molecular weight excluding hydrogens is 372 g/mol. The Hall–Kier alpha value is -3.75. The van der Waals surface area contributed by atoms with Crippen LogP contribution in [0.15, 0.2) is 27.4 Å². The van der Waals surface area contributed by atoms with Gasteiger partial charge in [0, 0.05) is 12.1 Å². The predicted octanol–water partition coefficient (Wildman–Crippen LogP) is 2.61. The van der Waals surface area contributed by atoms with Crippen LogP contribution in [-0.4, -0.2) is 43.8 Å². The van der Waals surface area contributed by atoms with Crippen LogP contribution in [0.3, 0.4) is 0 Å². The second-order valence-corrected chi connectivity index (χ2v) is 5.67. The molecule has 0 aliphatic carbocycles. The molecule has 0 amide bonds. The third-order valence-corrected chi connectivity index (χ3v) is 4.19. The summed E-state index contributed by atoms with van der Waals surface area (Å²) in [5, 5.41) is 30.3. The van der Waals surface area contributed by atoms with E-state index >= 15 is 0 Å². The topological polar surface area (TPSA) is 128 Å². The van der Waals surface area contributed by atoms with Crippen molar-refractivity contribution >= 4 is 11.0 Å². The van der Waals surface area contributed by atoms with Gasteiger partial charge < -0.3 is 38.7 Å². The third kappa shape index (κ3) is 2.77. The van der Waals surface area contributed by atoms with E-state index in [-0.39, 0.29) is 56.8 Å². The standard InChI is InChI=1S/C19H18O9/c1-24-13-5-8(9(20)6-10(13)21)12-7-11(22)14-15(23)17(25-2)19(27-4)18(26-3)16(14)28-12/h5-7,20-21,23H,1-4H3. The number of methoxy groups -OCH3 is 4. The van der Waals surface area contributed by atoms with Gasteiger partial charge in [-0.25, -0.2) is 0 Å². The molecule has 0 aliphatic rings. The summed E-state index contributed by atoms with van der Waals surface area (Å²) in [7, 11) is 5.32. The molecule has 9 nitrogen and oxygen atoms in total. The van der Waals surface area contributed by atoms with Crippen LogP contribution in [0, 0.1) is 0 Å². The number of phenolic OH excluding ortho intramolecular Hbond substituents is 3. The van der Waals surface area contributed by atoms with E-state index in [9.17, 15) is 20.1 Å². The Labute approximate surface area is 158 Å². The lowest BCUT2D eigenvalue weighted by atomic mass is 10.1. The average Bonchev–Trinajstić information content (AvgIpc) is 2.67. The number of phenols is 3. The fourth-order valence-electron chi connectivity index (χ4n) is 2.92. The maximum Gasteiger partial charge on any atom is 0.211 e. The molecule has 0 saturated carbocycles. The highest BCUT2D eigenvalue weighted by atomic mass is 16.5. The maximum absolute atomic E-state index is 12.7. The SMILES string of the molecule is COc1cc(-c2cc(=O)c3c(O)c(OC)c(OC)c(OC)c3o2)c(O)cc1O. The first-order chi connectivity index (χ1) is 13.4. The van der Waals surface area contributed by atoms with Crippen LogP contribution in [0.4, 0.5) is 0 Å². The van der Waals surface area contributed by atoms with Crippen LogP contribution < -0.4 is 24.4 Å². The number of benzene rings is 2. The second kappa shape index (κ2) is 7.10. The Bertz CT molecular complexity index is 1120. The van der Waals surface area contributed by atoms with E-state index in [4.69, 9.17) is 23.4 Å². The minimum absolute atomic E-state index is 0.0244. The first-order valence-corrected chi connectivity index (χ1v) is 7.96. The van der Waals surface area contributed by atoms with Crippen molar-refractivity contribution in [2.24, 2.45) is 0 Å². The van der Waals surface area contributed by atoms with Crippen LogP contribution in [0.2, 0.25) is 0 Å². The zero-order valence-corrected chi connectivity index (χ0v) is 15.5. The van der Waals surface area contributed by atoms with Crippen LogP contribution >= 0.6 is 0 Å². The summed E-state index contributed by atoms with van der Waals surface area (Å²) in [6, 6.07) is 3.45. The highest BCUT2D eigenvalue weighted by Gasteiger charge is 2.27. The molecule has 1 heterocycles. The van der Waals surface area contributed by atoms with Crippen LogP contribution in [0.25, 0.3) is 22.3 Å². The number of ether oxygens (including phenoxy) is 4. The molecular formula is C19H18O9. The van der Waals surface area contributed by atoms with Crippen LogP contribution in [-0.2, 0) is 0 Å². The Morgan fingerprint density at radius 2 is 1.43 bits per heavy atom. The van der Waals surface area contributed by atoms with Gasteiger partial charge in [-0.05, 0) is 6.07 Å². The van der Waals surface area contributed by atoms with Gasteiger partial charge in [0.2, 0.25) is 17.2 Å². The lowest BCUT2D eigenvalue weighted by molar-refractivity contribution is 0.311. The van der Waals surface area contributed by atoms with Gasteiger partial charge in [0.15, 0.2) is 28.3 Å². The Morgan fingerprint density at radius 3 is 2.00 bits per heavy atom. The molecule has 0 unspecified atom stereocenters. The number of aromatic hydroxyl groups is 3. The summed E-state index contributed by atoms with van der Waals surface area (Å²) < 4.78 is 26.5. The molecule has 9 heteroatoms. The van der Waals surface area contributed by atoms with Gasteiger partial charge in [0.25, 0.3) is 0 Å². The summed E-state index contributed by atoms with van der Waals surface area (Å²) in [5.74, 6) is -1.10. The molecule has 3 N–H and O–H groups in total. The van der Waals surface area contributed by atoms with Gasteiger partial charge in [0.05, 0.1) is 34.0 Å². The molecule has 3 aromatic rings. The fraction of sp³-hybridized carbons (Fsp3) is 0.211. The highest BCUT2D eigenvalue weighted by Crippen LogP contribution is 2.50. The van der Waals surface area contributed by atoms with Crippen molar-refractivity contribution in [1.82, 2.24) is 0 Å². The van der Waals surface area contributed by atoms with Gasteiger partial charge in [0.1, 0.15) is 16.9 Å². The van der Waals surface area contributed by atoms with E-state index in [1.165, 1.54) is 34.5 Å². The largest absolute Gasteiger partial charge is 0.507 e. The number of fused-ring (bicyclic) bond motifs is 1. The summed E-state index contributed by atoms with van der Waals surface area (Å²) >= 11 is 0. The smallest absolute Gasteiger partial charge is 0.211 e. The second-order valence-electron chi connectivity index (χ2n) is 5.67. The molecule has 1 aromatic heterocycles. The van der Waals surface area contributed by atoms with Crippen LogP contribution in [0.5, 0.6) is 40.2 Å². The van der Waals surface area contributed by atoms with E-state index < -0.39 is 11.2 Å². The maximum atomic E-state index is 12.7. The molecule has 28 heavy (non-hydrogen) atoms. The first kappa shape index (κ1) is 19.0. The van der Waals surface area contributed by atoms with Gasteiger partial charge in [-0.3, -0.25) is 4.79 Å². The number of hydrogen-bond acceptors (Lipinski definition) is 9. The van der Waals surface area contributed by atoms with Crippen molar-refractivity contribution in [3.05, 3.63) is 28.4 Å². The monoisotopic (exact) mass is 390 g/mol. The van der Waals surface area contributed by atoms with E-state index in [1.807, 2.05) is 0 Å². The molecule has 148 valence electrons. The van der Waals surface area contributed by atoms with Crippen molar-refractivity contribution in [2.45, 2.75) is 0 Å². The zero-order chi connectivity index (χ0) is 20.6. The fourth-order valence-corrected chi connectivity index (χ4v) is 2.92. The summed E-state index contributed by atoms with van der Waals surface area (Å²) in [4.78, 5) is 12.7. The van der Waals surface area contributed by atoms with E-state index in [0.29, 0.717) is 0 Å². The minimum atomic E-state index is -0.612. The molecule has 0 aliphatic heterocycles. The predicted molar refractivity (Wildman–Crippen MR) is 99.1 cm³/mol. The zero-order valence-electron chi connectivity index (χ0n) is 15.5. The summed E-state index contributed by atoms with van der Waals surface area (Å²) in [6.07, 6.45) is 0. The summed E-state index contributed by atoms with van der Waals surface area (Å²) in [5.41, 5.74) is -0.629. The molecule has 0 saturated heterocycles. The van der Waals surface area contributed by atoms with E-state index in [1.54, 1.807) is 0 Å². The number of rotatable bonds is 5. The van der Waals surface area contributed by atoms with Crippen molar-refractivity contribution in [2.75, 3.05) is 28.4 Å². The molecule has 3 rings (SSSR count). The van der Waals surface area contributed by atoms with Gasteiger partial charge >= 0.3 is 0 Å². The Morgan fingerprint density at radius 1 is 0.786 bits per heavy atom. The normalized spacial score (nSPS) is 10.7. The van der Waals surface area contributed by atoms with Gasteiger partial charge in [-0.15, -0.1) is 0 Å². The Kier molecular flexibility index (Phi) is 4.83. The van der Waals surface area contributed by atoms with E-state index in [2.05, 4.69) is 0 Å². The lowest BCUT2D eigenvalue weighted by Gasteiger charge is -2.16. The van der Waals surface area contributed by atoms with Gasteiger partial charge in [-0.1, -0.05) is 0 Å². The highest BCUT2D eigenvalue weighted by molar-refractivity contribution is 5.95. The van der Waals surface area contributed by atoms with Crippen LogP contribution in [0.1, 0.15) is 0 Å². The Balaban J connectivity index is 2.43. The molecule has 0 spiro atoms.